The number of benzene rings is 2. The van der Waals surface area contributed by atoms with E-state index in [0.717, 1.165) is 64.1 Å². The molecule has 2 atom stereocenters. The van der Waals surface area contributed by atoms with Gasteiger partial charge in [-0.25, -0.2) is 8.42 Å². The van der Waals surface area contributed by atoms with Crippen molar-refractivity contribution in [2.24, 2.45) is 11.3 Å². The molecular formula is C31H41N3O5S. The minimum Gasteiger partial charge on any atom is -0.384 e. The molecule has 0 saturated carbocycles. The molecule has 0 aromatic heterocycles. The lowest BCUT2D eigenvalue weighted by atomic mass is 9.76. The fourth-order valence-corrected chi connectivity index (χ4v) is 7.38. The van der Waals surface area contributed by atoms with Crippen LogP contribution in [0.5, 0.6) is 0 Å². The van der Waals surface area contributed by atoms with Crippen LogP contribution in [0.3, 0.4) is 0 Å². The van der Waals surface area contributed by atoms with Gasteiger partial charge < -0.3 is 19.4 Å². The van der Waals surface area contributed by atoms with E-state index in [1.165, 1.54) is 11.8 Å². The van der Waals surface area contributed by atoms with Crippen LogP contribution in [0.1, 0.15) is 42.7 Å². The van der Waals surface area contributed by atoms with E-state index < -0.39 is 9.84 Å². The molecule has 3 fully saturated rings. The molecule has 2 amide bonds. The number of nitrogens with zero attached hydrogens (tertiary/aromatic N) is 3. The summed E-state index contributed by atoms with van der Waals surface area (Å²) in [7, 11) is -1.61. The predicted molar refractivity (Wildman–Crippen MR) is 153 cm³/mol. The second kappa shape index (κ2) is 12.0. The summed E-state index contributed by atoms with van der Waals surface area (Å²) >= 11 is 0. The van der Waals surface area contributed by atoms with E-state index in [9.17, 15) is 18.0 Å². The Morgan fingerprint density at radius 2 is 1.65 bits per heavy atom. The van der Waals surface area contributed by atoms with Gasteiger partial charge in [-0.15, -0.1) is 0 Å². The number of methoxy groups -OCH3 is 1. The number of rotatable bonds is 9. The van der Waals surface area contributed by atoms with Gasteiger partial charge in [0.05, 0.1) is 23.3 Å². The lowest BCUT2D eigenvalue weighted by Crippen LogP contribution is -2.46. The molecule has 8 nitrogen and oxygen atoms in total. The topological polar surface area (TPSA) is 87.2 Å². The molecule has 0 radical (unpaired) electrons. The van der Waals surface area contributed by atoms with Crippen LogP contribution in [0.2, 0.25) is 0 Å². The molecule has 2 aromatic rings. The molecule has 3 heterocycles. The summed E-state index contributed by atoms with van der Waals surface area (Å²) in [6.45, 7) is 5.90. The maximum absolute atomic E-state index is 13.6. The summed E-state index contributed by atoms with van der Waals surface area (Å²) in [4.78, 5) is 33.1. The SMILES string of the molecule is COCCC(=O)N1C[C@H](CN2CCC3(CC2)CCN(Cc2ccc(S(C)(=O)=O)cc2)C3=O)[C@@H](c2ccccc2)C1. The van der Waals surface area contributed by atoms with Gasteiger partial charge in [-0.3, -0.25) is 9.59 Å². The molecule has 40 heavy (non-hydrogen) atoms. The Kier molecular flexibility index (Phi) is 8.63. The van der Waals surface area contributed by atoms with Gasteiger partial charge >= 0.3 is 0 Å². The highest BCUT2D eigenvalue weighted by Gasteiger charge is 2.48. The first kappa shape index (κ1) is 28.8. The van der Waals surface area contributed by atoms with Crippen molar-refractivity contribution in [1.29, 1.82) is 0 Å². The lowest BCUT2D eigenvalue weighted by Gasteiger charge is -2.39. The van der Waals surface area contributed by atoms with Crippen LogP contribution in [0, 0.1) is 11.3 Å². The maximum Gasteiger partial charge on any atom is 0.229 e. The second-order valence-corrected chi connectivity index (χ2v) is 13.8. The first-order valence-corrected chi connectivity index (χ1v) is 16.2. The smallest absolute Gasteiger partial charge is 0.229 e. The summed E-state index contributed by atoms with van der Waals surface area (Å²) in [6.07, 6.45) is 4.20. The molecule has 3 saturated heterocycles. The highest BCUT2D eigenvalue weighted by Crippen LogP contribution is 2.43. The van der Waals surface area contributed by atoms with E-state index in [0.29, 0.717) is 36.3 Å². The molecule has 9 heteroatoms. The number of likely N-dealkylation sites (tertiary alicyclic amines) is 3. The highest BCUT2D eigenvalue weighted by molar-refractivity contribution is 7.90. The second-order valence-electron chi connectivity index (χ2n) is 11.8. The third kappa shape index (κ3) is 6.26. The van der Waals surface area contributed by atoms with E-state index in [2.05, 4.69) is 29.2 Å². The largest absolute Gasteiger partial charge is 0.384 e. The number of carbonyl (C=O) groups is 2. The Morgan fingerprint density at radius 1 is 0.975 bits per heavy atom. The molecule has 216 valence electrons. The standard InChI is InChI=1S/C31H41N3O5S/c1-39-19-12-29(35)34-22-26(28(23-34)25-6-4-3-5-7-25)21-32-16-13-31(14-17-32)15-18-33(30(31)36)20-24-8-10-27(11-9-24)40(2,37)38/h3-11,26,28H,12-23H2,1-2H3/t26-,28+/m0/s1. The first-order chi connectivity index (χ1) is 19.2. The van der Waals surface area contributed by atoms with Crippen LogP contribution < -0.4 is 0 Å². The fourth-order valence-electron chi connectivity index (χ4n) is 6.75. The number of hydrogen-bond acceptors (Lipinski definition) is 6. The molecule has 0 N–H and O–H groups in total. The Morgan fingerprint density at radius 3 is 2.30 bits per heavy atom. The van der Waals surface area contributed by atoms with Gasteiger partial charge in [0.15, 0.2) is 9.84 Å². The van der Waals surface area contributed by atoms with Crippen LogP contribution in [0.15, 0.2) is 59.5 Å². The van der Waals surface area contributed by atoms with Crippen molar-refractivity contribution in [2.45, 2.75) is 43.0 Å². The molecular weight excluding hydrogens is 526 g/mol. The van der Waals surface area contributed by atoms with Gasteiger partial charge in [-0.1, -0.05) is 42.5 Å². The molecule has 0 unspecified atom stereocenters. The van der Waals surface area contributed by atoms with Crippen molar-refractivity contribution in [3.63, 3.8) is 0 Å². The van der Waals surface area contributed by atoms with Crippen LogP contribution >= 0.6 is 0 Å². The number of sulfone groups is 1. The molecule has 2 aromatic carbocycles. The Labute approximate surface area is 238 Å². The third-order valence-corrected chi connectivity index (χ3v) is 10.3. The lowest BCUT2D eigenvalue weighted by molar-refractivity contribution is -0.139. The number of piperidine rings is 1. The van der Waals surface area contributed by atoms with Crippen molar-refractivity contribution in [3.8, 4) is 0 Å². The van der Waals surface area contributed by atoms with Crippen LogP contribution in [-0.4, -0.2) is 94.2 Å². The Hall–Kier alpha value is -2.75. The van der Waals surface area contributed by atoms with E-state index >= 15 is 0 Å². The van der Waals surface area contributed by atoms with Crippen molar-refractivity contribution < 1.29 is 22.7 Å². The van der Waals surface area contributed by atoms with Crippen molar-refractivity contribution in [3.05, 3.63) is 65.7 Å². The average Bonchev–Trinajstić information content (AvgIpc) is 3.50. The first-order valence-electron chi connectivity index (χ1n) is 14.3. The Balaban J connectivity index is 1.18. The molecule has 3 aliphatic heterocycles. The number of amides is 2. The maximum atomic E-state index is 13.6. The van der Waals surface area contributed by atoms with Gasteiger partial charge in [0, 0.05) is 52.0 Å². The summed E-state index contributed by atoms with van der Waals surface area (Å²) in [5.41, 5.74) is 1.95. The predicted octanol–water partition coefficient (Wildman–Crippen LogP) is 3.18. The number of ether oxygens (including phenoxy) is 1. The summed E-state index contributed by atoms with van der Waals surface area (Å²) in [6, 6.07) is 17.4. The Bertz CT molecular complexity index is 1290. The minimum atomic E-state index is -3.23. The van der Waals surface area contributed by atoms with Gasteiger partial charge in [-0.05, 0) is 61.5 Å². The monoisotopic (exact) mass is 567 g/mol. The van der Waals surface area contributed by atoms with Crippen LogP contribution in [0.25, 0.3) is 0 Å². The molecule has 3 aliphatic rings. The van der Waals surface area contributed by atoms with E-state index in [-0.39, 0.29) is 17.2 Å². The summed E-state index contributed by atoms with van der Waals surface area (Å²) in [5, 5.41) is 0. The fraction of sp³-hybridized carbons (Fsp3) is 0.548. The highest BCUT2D eigenvalue weighted by atomic mass is 32.2. The van der Waals surface area contributed by atoms with Crippen LogP contribution in [-0.2, 0) is 30.7 Å². The molecule has 5 rings (SSSR count). The molecule has 0 aliphatic carbocycles. The van der Waals surface area contributed by atoms with Crippen molar-refractivity contribution >= 4 is 21.7 Å². The normalized spacial score (nSPS) is 23.3. The van der Waals surface area contributed by atoms with Gasteiger partial charge in [0.2, 0.25) is 11.8 Å². The van der Waals surface area contributed by atoms with Crippen molar-refractivity contribution in [1.82, 2.24) is 14.7 Å². The van der Waals surface area contributed by atoms with E-state index in [1.807, 2.05) is 28.0 Å². The third-order valence-electron chi connectivity index (χ3n) is 9.17. The summed E-state index contributed by atoms with van der Waals surface area (Å²) < 4.78 is 28.7. The van der Waals surface area contributed by atoms with Gasteiger partial charge in [0.1, 0.15) is 0 Å². The molecule has 1 spiro atoms. The van der Waals surface area contributed by atoms with Crippen LogP contribution in [0.4, 0.5) is 0 Å². The zero-order valence-corrected chi connectivity index (χ0v) is 24.4. The number of carbonyl (C=O) groups excluding carboxylic acids is 2. The van der Waals surface area contributed by atoms with E-state index in [4.69, 9.17) is 4.74 Å². The number of hydrogen-bond donors (Lipinski definition) is 0. The minimum absolute atomic E-state index is 0.158. The van der Waals surface area contributed by atoms with Crippen molar-refractivity contribution in [2.75, 3.05) is 59.2 Å². The average molecular weight is 568 g/mol. The van der Waals surface area contributed by atoms with E-state index in [1.54, 1.807) is 19.2 Å². The molecule has 0 bridgehead atoms. The van der Waals surface area contributed by atoms with Gasteiger partial charge in [-0.2, -0.15) is 0 Å². The zero-order valence-electron chi connectivity index (χ0n) is 23.6. The zero-order chi connectivity index (χ0) is 28.3. The van der Waals surface area contributed by atoms with Gasteiger partial charge in [0.25, 0.3) is 0 Å². The summed E-state index contributed by atoms with van der Waals surface area (Å²) in [5.74, 6) is 1.05. The quantitative estimate of drug-likeness (QED) is 0.463.